The van der Waals surface area contributed by atoms with E-state index in [0.29, 0.717) is 12.3 Å². The Kier molecular flexibility index (Phi) is 6.89. The lowest BCUT2D eigenvalue weighted by molar-refractivity contribution is -0.117. The molecule has 14 heavy (non-hydrogen) atoms. The Hall–Kier alpha value is -0.310. The van der Waals surface area contributed by atoms with Crippen LogP contribution >= 0.6 is 11.8 Å². The molecule has 0 saturated carbocycles. The second kappa shape index (κ2) is 7.04. The molecule has 0 radical (unpaired) electrons. The number of Topliss-reactive ketones (excluding diaryl/α,β-unsaturated/α-hetero) is 1. The highest BCUT2D eigenvalue weighted by molar-refractivity contribution is 8.14. The molecule has 0 fully saturated rings. The highest BCUT2D eigenvalue weighted by Gasteiger charge is 2.18. The van der Waals surface area contributed by atoms with E-state index in [1.807, 2.05) is 6.92 Å². The van der Waals surface area contributed by atoms with Crippen LogP contribution in [0.5, 0.6) is 0 Å². The van der Waals surface area contributed by atoms with Gasteiger partial charge in [-0.2, -0.15) is 0 Å². The fraction of sp³-hybridized carbons (Fsp3) is 0.818. The first-order valence-electron chi connectivity index (χ1n) is 5.17. The van der Waals surface area contributed by atoms with Gasteiger partial charge >= 0.3 is 0 Å². The first kappa shape index (κ1) is 13.7. The summed E-state index contributed by atoms with van der Waals surface area (Å²) >= 11 is 1.21. The monoisotopic (exact) mass is 216 g/mol. The average molecular weight is 216 g/mol. The van der Waals surface area contributed by atoms with Crippen molar-refractivity contribution >= 4 is 22.7 Å². The van der Waals surface area contributed by atoms with Gasteiger partial charge in [-0.25, -0.2) is 0 Å². The minimum absolute atomic E-state index is 0.119. The zero-order valence-electron chi connectivity index (χ0n) is 9.50. The van der Waals surface area contributed by atoms with E-state index in [-0.39, 0.29) is 16.1 Å². The highest BCUT2D eigenvalue weighted by atomic mass is 32.2. The van der Waals surface area contributed by atoms with Crippen molar-refractivity contribution in [2.24, 2.45) is 5.92 Å². The molecule has 0 aliphatic heterocycles. The van der Waals surface area contributed by atoms with Gasteiger partial charge in [-0.05, 0) is 25.7 Å². The quantitative estimate of drug-likeness (QED) is 0.684. The number of hydrogen-bond donors (Lipinski definition) is 0. The summed E-state index contributed by atoms with van der Waals surface area (Å²) in [7, 11) is 0. The summed E-state index contributed by atoms with van der Waals surface area (Å²) in [4.78, 5) is 22.4. The summed E-state index contributed by atoms with van der Waals surface area (Å²) in [5.41, 5.74) is 0. The summed E-state index contributed by atoms with van der Waals surface area (Å²) < 4.78 is 0. The Balaban J connectivity index is 4.03. The summed E-state index contributed by atoms with van der Waals surface area (Å²) in [5.74, 6) is 0.714. The van der Waals surface area contributed by atoms with Crippen LogP contribution in [0, 0.1) is 5.92 Å². The average Bonchev–Trinajstić information content (AvgIpc) is 2.10. The molecular formula is C11H20O2S. The van der Waals surface area contributed by atoms with Crippen molar-refractivity contribution in [3.63, 3.8) is 0 Å². The van der Waals surface area contributed by atoms with Crippen LogP contribution in [-0.4, -0.2) is 16.1 Å². The fourth-order valence-corrected chi connectivity index (χ4v) is 1.98. The maximum absolute atomic E-state index is 11.2. The third-order valence-electron chi connectivity index (χ3n) is 2.02. The number of ketones is 1. The SMILES string of the molecule is CCC(=O)SC(CCC(C)C)C(C)=O. The molecular weight excluding hydrogens is 196 g/mol. The Morgan fingerprint density at radius 2 is 1.79 bits per heavy atom. The molecule has 0 aromatic rings. The molecule has 0 amide bonds. The van der Waals surface area contributed by atoms with Gasteiger partial charge in [0.25, 0.3) is 0 Å². The highest BCUT2D eigenvalue weighted by Crippen LogP contribution is 2.21. The van der Waals surface area contributed by atoms with Crippen molar-refractivity contribution in [1.29, 1.82) is 0 Å². The van der Waals surface area contributed by atoms with Crippen molar-refractivity contribution < 1.29 is 9.59 Å². The van der Waals surface area contributed by atoms with Crippen molar-refractivity contribution in [1.82, 2.24) is 0 Å². The van der Waals surface area contributed by atoms with Crippen LogP contribution in [-0.2, 0) is 9.59 Å². The lowest BCUT2D eigenvalue weighted by atomic mass is 10.1. The largest absolute Gasteiger partial charge is 0.299 e. The van der Waals surface area contributed by atoms with Gasteiger partial charge in [-0.1, -0.05) is 32.5 Å². The van der Waals surface area contributed by atoms with Crippen LogP contribution in [0.25, 0.3) is 0 Å². The van der Waals surface area contributed by atoms with Gasteiger partial charge < -0.3 is 0 Å². The first-order chi connectivity index (χ1) is 6.47. The summed E-state index contributed by atoms with van der Waals surface area (Å²) in [6, 6.07) is 0. The van der Waals surface area contributed by atoms with Crippen molar-refractivity contribution in [3.05, 3.63) is 0 Å². The fourth-order valence-electron chi connectivity index (χ4n) is 1.07. The van der Waals surface area contributed by atoms with E-state index >= 15 is 0 Å². The number of hydrogen-bond acceptors (Lipinski definition) is 3. The molecule has 0 spiro atoms. The predicted octanol–water partition coefficient (Wildman–Crippen LogP) is 3.05. The normalized spacial score (nSPS) is 12.9. The molecule has 0 aromatic carbocycles. The molecule has 0 aliphatic rings. The molecule has 3 heteroatoms. The molecule has 1 atom stereocenters. The van der Waals surface area contributed by atoms with Crippen molar-refractivity contribution in [2.45, 2.75) is 52.2 Å². The minimum atomic E-state index is -0.121. The van der Waals surface area contributed by atoms with Gasteiger partial charge in [-0.3, -0.25) is 9.59 Å². The van der Waals surface area contributed by atoms with Crippen molar-refractivity contribution in [2.75, 3.05) is 0 Å². The summed E-state index contributed by atoms with van der Waals surface area (Å²) in [6.07, 6.45) is 2.34. The molecule has 1 unspecified atom stereocenters. The van der Waals surface area contributed by atoms with Crippen LogP contribution in [0.1, 0.15) is 47.0 Å². The van der Waals surface area contributed by atoms with Gasteiger partial charge in [0, 0.05) is 6.42 Å². The van der Waals surface area contributed by atoms with Gasteiger partial charge in [-0.15, -0.1) is 0 Å². The Morgan fingerprint density at radius 3 is 2.14 bits per heavy atom. The molecule has 0 saturated heterocycles. The molecule has 0 rings (SSSR count). The smallest absolute Gasteiger partial charge is 0.189 e. The molecule has 0 N–H and O–H groups in total. The maximum Gasteiger partial charge on any atom is 0.189 e. The van der Waals surface area contributed by atoms with E-state index in [0.717, 1.165) is 12.8 Å². The molecule has 82 valence electrons. The second-order valence-electron chi connectivity index (χ2n) is 3.91. The van der Waals surface area contributed by atoms with E-state index < -0.39 is 0 Å². The van der Waals surface area contributed by atoms with Gasteiger partial charge in [0.15, 0.2) is 5.12 Å². The summed E-state index contributed by atoms with van der Waals surface area (Å²) in [6.45, 7) is 7.66. The zero-order chi connectivity index (χ0) is 11.1. The van der Waals surface area contributed by atoms with E-state index in [4.69, 9.17) is 0 Å². The molecule has 0 aromatic heterocycles. The number of thioether (sulfide) groups is 1. The molecule has 0 aliphatic carbocycles. The van der Waals surface area contributed by atoms with E-state index in [1.54, 1.807) is 6.92 Å². The first-order valence-corrected chi connectivity index (χ1v) is 6.05. The second-order valence-corrected chi connectivity index (χ2v) is 5.17. The number of carbonyl (C=O) groups is 2. The van der Waals surface area contributed by atoms with Crippen LogP contribution in [0.15, 0.2) is 0 Å². The maximum atomic E-state index is 11.2. The van der Waals surface area contributed by atoms with E-state index in [9.17, 15) is 9.59 Å². The van der Waals surface area contributed by atoms with Crippen molar-refractivity contribution in [3.8, 4) is 0 Å². The van der Waals surface area contributed by atoms with Gasteiger partial charge in [0.1, 0.15) is 5.78 Å². The Morgan fingerprint density at radius 1 is 1.21 bits per heavy atom. The lowest BCUT2D eigenvalue weighted by Crippen LogP contribution is -2.16. The minimum Gasteiger partial charge on any atom is -0.299 e. The van der Waals surface area contributed by atoms with E-state index in [2.05, 4.69) is 13.8 Å². The Bertz CT molecular complexity index is 199. The predicted molar refractivity (Wildman–Crippen MR) is 61.4 cm³/mol. The Labute approximate surface area is 90.8 Å². The third-order valence-corrected chi connectivity index (χ3v) is 3.43. The molecule has 0 heterocycles. The summed E-state index contributed by atoms with van der Waals surface area (Å²) in [5, 5.41) is -0.00111. The molecule has 0 bridgehead atoms. The zero-order valence-corrected chi connectivity index (χ0v) is 10.3. The number of rotatable bonds is 6. The van der Waals surface area contributed by atoms with Crippen LogP contribution in [0.4, 0.5) is 0 Å². The van der Waals surface area contributed by atoms with Gasteiger partial charge in [0.05, 0.1) is 5.25 Å². The third kappa shape index (κ3) is 6.19. The lowest BCUT2D eigenvalue weighted by Gasteiger charge is -2.13. The van der Waals surface area contributed by atoms with Gasteiger partial charge in [0.2, 0.25) is 0 Å². The topological polar surface area (TPSA) is 34.1 Å². The van der Waals surface area contributed by atoms with Crippen LogP contribution in [0.3, 0.4) is 0 Å². The molecule has 2 nitrogen and oxygen atoms in total. The van der Waals surface area contributed by atoms with Crippen LogP contribution < -0.4 is 0 Å². The standard InChI is InChI=1S/C11H20O2S/c1-5-11(13)14-10(9(4)12)7-6-8(2)3/h8,10H,5-7H2,1-4H3. The van der Waals surface area contributed by atoms with Crippen LogP contribution in [0.2, 0.25) is 0 Å². The number of carbonyl (C=O) groups excluding carboxylic acids is 2. The van der Waals surface area contributed by atoms with E-state index in [1.165, 1.54) is 11.8 Å².